The molecule has 0 saturated carbocycles. The van der Waals surface area contributed by atoms with Gasteiger partial charge < -0.3 is 9.90 Å². The topological polar surface area (TPSA) is 40.1 Å². The van der Waals surface area contributed by atoms with Crippen molar-refractivity contribution in [1.29, 1.82) is 0 Å². The number of carbonyl (C=O) groups is 1. The molecule has 13 heavy (non-hydrogen) atoms. The van der Waals surface area contributed by atoms with Gasteiger partial charge in [-0.25, -0.2) is 0 Å². The third-order valence-electron chi connectivity index (χ3n) is 1.98. The Morgan fingerprint density at radius 3 is 1.92 bits per heavy atom. The molecule has 0 aliphatic carbocycles. The number of hydrogen-bond acceptors (Lipinski definition) is 2. The molecule has 0 spiro atoms. The van der Waals surface area contributed by atoms with Gasteiger partial charge in [0, 0.05) is 5.97 Å². The molecule has 0 aromatic rings. The van der Waals surface area contributed by atoms with Gasteiger partial charge in [0.1, 0.15) is 0 Å². The number of carboxylic acid groups (broad SMARTS) is 1. The van der Waals surface area contributed by atoms with Crippen LogP contribution in [0.5, 0.6) is 0 Å². The van der Waals surface area contributed by atoms with Crippen LogP contribution in [0.4, 0.5) is 0 Å². The Labute approximate surface area is 109 Å². The predicted molar refractivity (Wildman–Crippen MR) is 47.6 cm³/mol. The fourth-order valence-corrected chi connectivity index (χ4v) is 1.23. The number of aliphatic carboxylic acids is 1. The van der Waals surface area contributed by atoms with Crippen LogP contribution in [-0.4, -0.2) is 5.97 Å². The van der Waals surface area contributed by atoms with E-state index in [-0.39, 0.29) is 42.0 Å². The summed E-state index contributed by atoms with van der Waals surface area (Å²) in [5.74, 6) is -0.913. The number of carbonyl (C=O) groups excluding carboxylic acids is 1. The molecule has 0 rings (SSSR count). The predicted octanol–water partition coefficient (Wildman–Crippen LogP) is 1.88. The van der Waals surface area contributed by atoms with Gasteiger partial charge >= 0.3 is 35.6 Å². The molecule has 0 saturated heterocycles. The molecule has 0 bridgehead atoms. The maximum absolute atomic E-state index is 10.0. The number of rotatable bonds is 8. The molecule has 0 aliphatic heterocycles. The molecule has 0 aromatic heterocycles. The summed E-state index contributed by atoms with van der Waals surface area (Å²) in [7, 11) is 0. The molecular formula is C10H19LaO2+2. The van der Waals surface area contributed by atoms with Crippen molar-refractivity contribution in [1.82, 2.24) is 0 Å². The van der Waals surface area contributed by atoms with E-state index in [2.05, 4.69) is 6.92 Å². The third-order valence-corrected chi connectivity index (χ3v) is 1.98. The maximum Gasteiger partial charge on any atom is 3.00 e. The Morgan fingerprint density at radius 1 is 1.00 bits per heavy atom. The van der Waals surface area contributed by atoms with Crippen LogP contribution in [0.15, 0.2) is 0 Å². The molecule has 0 N–H and O–H groups in total. The summed E-state index contributed by atoms with van der Waals surface area (Å²) in [5, 5.41) is 10.0. The summed E-state index contributed by atoms with van der Waals surface area (Å²) < 4.78 is 0. The Hall–Kier alpha value is 0.665. The number of unbranched alkanes of at least 4 members (excludes halogenated alkanes) is 6. The minimum atomic E-state index is -0.913. The Balaban J connectivity index is 0. The van der Waals surface area contributed by atoms with E-state index in [1.807, 2.05) is 0 Å². The fraction of sp³-hybridized carbons (Fsp3) is 0.900. The summed E-state index contributed by atoms with van der Waals surface area (Å²) in [6.45, 7) is 2.19. The van der Waals surface area contributed by atoms with Crippen molar-refractivity contribution in [3.8, 4) is 0 Å². The second-order valence-corrected chi connectivity index (χ2v) is 3.24. The van der Waals surface area contributed by atoms with Gasteiger partial charge in [-0.05, 0) is 12.8 Å². The van der Waals surface area contributed by atoms with Crippen molar-refractivity contribution < 1.29 is 45.5 Å². The molecule has 0 unspecified atom stereocenters. The van der Waals surface area contributed by atoms with E-state index < -0.39 is 5.97 Å². The fourth-order valence-electron chi connectivity index (χ4n) is 1.23. The zero-order valence-corrected chi connectivity index (χ0v) is 12.2. The van der Waals surface area contributed by atoms with Gasteiger partial charge in [-0.15, -0.1) is 0 Å². The minimum absolute atomic E-state index is 0. The van der Waals surface area contributed by atoms with Gasteiger partial charge in [-0.1, -0.05) is 45.4 Å². The van der Waals surface area contributed by atoms with Gasteiger partial charge in [0.05, 0.1) is 0 Å². The standard InChI is InChI=1S/C10H20O2.La/c1-2-3-4-5-6-7-8-9-10(11)12;/h2-9H2,1H3,(H,11,12);/q;+3/p-1. The Morgan fingerprint density at radius 2 is 1.46 bits per heavy atom. The van der Waals surface area contributed by atoms with Crippen molar-refractivity contribution in [3.63, 3.8) is 0 Å². The van der Waals surface area contributed by atoms with Gasteiger partial charge in [-0.2, -0.15) is 0 Å². The van der Waals surface area contributed by atoms with Crippen molar-refractivity contribution in [2.24, 2.45) is 0 Å². The van der Waals surface area contributed by atoms with E-state index in [4.69, 9.17) is 0 Å². The summed E-state index contributed by atoms with van der Waals surface area (Å²) in [4.78, 5) is 10.0. The second-order valence-electron chi connectivity index (χ2n) is 3.24. The Kier molecular flexibility index (Phi) is 15.7. The average molecular weight is 310 g/mol. The first-order valence-corrected chi connectivity index (χ1v) is 4.97. The molecule has 0 radical (unpaired) electrons. The van der Waals surface area contributed by atoms with Gasteiger partial charge in [0.15, 0.2) is 0 Å². The van der Waals surface area contributed by atoms with E-state index in [9.17, 15) is 9.90 Å². The number of carboxylic acids is 1. The minimum Gasteiger partial charge on any atom is -0.550 e. The maximum atomic E-state index is 10.0. The van der Waals surface area contributed by atoms with Gasteiger partial charge in [0.25, 0.3) is 0 Å². The van der Waals surface area contributed by atoms with E-state index >= 15 is 0 Å². The molecule has 2 nitrogen and oxygen atoms in total. The molecule has 0 heterocycles. The smallest absolute Gasteiger partial charge is 0.550 e. The molecule has 3 heteroatoms. The molecule has 0 aromatic carbocycles. The van der Waals surface area contributed by atoms with E-state index in [0.29, 0.717) is 0 Å². The largest absolute Gasteiger partial charge is 3.00 e. The first-order chi connectivity index (χ1) is 5.77. The van der Waals surface area contributed by atoms with Crippen LogP contribution in [0.3, 0.4) is 0 Å². The van der Waals surface area contributed by atoms with E-state index in [0.717, 1.165) is 12.8 Å². The van der Waals surface area contributed by atoms with Gasteiger partial charge in [0.2, 0.25) is 0 Å². The van der Waals surface area contributed by atoms with E-state index in [1.165, 1.54) is 32.1 Å². The molecule has 72 valence electrons. The molecule has 0 amide bonds. The Bertz CT molecular complexity index is 115. The average Bonchev–Trinajstić information content (AvgIpc) is 2.02. The SMILES string of the molecule is CCCCCCCCCC(=O)[O-].[La+3]. The summed E-state index contributed by atoms with van der Waals surface area (Å²) in [5.41, 5.74) is 0. The second kappa shape index (κ2) is 12.7. The van der Waals surface area contributed by atoms with Crippen molar-refractivity contribution >= 4 is 5.97 Å². The van der Waals surface area contributed by atoms with Crippen molar-refractivity contribution in [2.45, 2.75) is 58.3 Å². The zero-order chi connectivity index (χ0) is 9.23. The summed E-state index contributed by atoms with van der Waals surface area (Å²) in [6, 6.07) is 0. The monoisotopic (exact) mass is 310 g/mol. The van der Waals surface area contributed by atoms with Crippen LogP contribution in [0, 0.1) is 35.6 Å². The van der Waals surface area contributed by atoms with Crippen LogP contribution >= 0.6 is 0 Å². The van der Waals surface area contributed by atoms with Crippen LogP contribution < -0.4 is 5.11 Å². The third kappa shape index (κ3) is 15.4. The van der Waals surface area contributed by atoms with Crippen molar-refractivity contribution in [3.05, 3.63) is 0 Å². The molecule has 0 fully saturated rings. The first-order valence-electron chi connectivity index (χ1n) is 4.97. The quantitative estimate of drug-likeness (QED) is 0.642. The normalized spacial score (nSPS) is 9.31. The van der Waals surface area contributed by atoms with Crippen LogP contribution in [0.25, 0.3) is 0 Å². The molecule has 0 aliphatic rings. The van der Waals surface area contributed by atoms with Crippen LogP contribution in [0.1, 0.15) is 58.3 Å². The molecule has 0 atom stereocenters. The number of hydrogen-bond donors (Lipinski definition) is 0. The first kappa shape index (κ1) is 16.1. The van der Waals surface area contributed by atoms with Gasteiger partial charge in [-0.3, -0.25) is 0 Å². The van der Waals surface area contributed by atoms with Crippen LogP contribution in [0.2, 0.25) is 0 Å². The molecular weight excluding hydrogens is 291 g/mol. The van der Waals surface area contributed by atoms with E-state index in [1.54, 1.807) is 0 Å². The van der Waals surface area contributed by atoms with Crippen molar-refractivity contribution in [2.75, 3.05) is 0 Å². The summed E-state index contributed by atoms with van der Waals surface area (Å²) >= 11 is 0. The van der Waals surface area contributed by atoms with Crippen LogP contribution in [-0.2, 0) is 4.79 Å². The summed E-state index contributed by atoms with van der Waals surface area (Å²) in [6.07, 6.45) is 8.34. The zero-order valence-electron chi connectivity index (χ0n) is 8.55.